The monoisotopic (exact) mass is 351 g/mol. The summed E-state index contributed by atoms with van der Waals surface area (Å²) in [5.74, 6) is 0.920. The third-order valence-corrected chi connectivity index (χ3v) is 4.88. The number of nitrogens with zero attached hydrogens (tertiary/aromatic N) is 2. The number of halogens is 1. The van der Waals surface area contributed by atoms with Gasteiger partial charge in [0.25, 0.3) is 5.91 Å². The van der Waals surface area contributed by atoms with Crippen LogP contribution in [0.1, 0.15) is 36.5 Å². The summed E-state index contributed by atoms with van der Waals surface area (Å²) in [6.45, 7) is 7.35. The van der Waals surface area contributed by atoms with Crippen LogP contribution in [0.4, 0.5) is 5.69 Å². The molecule has 0 bridgehead atoms. The Bertz CT molecular complexity index is 569. The van der Waals surface area contributed by atoms with E-state index in [4.69, 9.17) is 16.4 Å². The minimum Gasteiger partial charge on any atom is -0.336 e. The quantitative estimate of drug-likeness (QED) is 0.605. The Kier molecular flexibility index (Phi) is 5.98. The van der Waals surface area contributed by atoms with Crippen LogP contribution in [0.5, 0.6) is 0 Å². The zero-order valence-corrected chi connectivity index (χ0v) is 15.0. The van der Waals surface area contributed by atoms with E-state index in [1.165, 1.54) is 19.4 Å². The van der Waals surface area contributed by atoms with Crippen LogP contribution in [0.15, 0.2) is 18.2 Å². The number of hydrogen-bond donors (Lipinski definition) is 1. The van der Waals surface area contributed by atoms with Crippen molar-refractivity contribution in [3.8, 4) is 0 Å². The van der Waals surface area contributed by atoms with Crippen molar-refractivity contribution in [2.24, 2.45) is 5.92 Å². The predicted octanol–water partition coefficient (Wildman–Crippen LogP) is 3.26. The Morgan fingerprint density at radius 3 is 2.67 bits per heavy atom. The maximum atomic E-state index is 12.7. The highest BCUT2D eigenvalue weighted by Crippen LogP contribution is 2.30. The molecule has 3 rings (SSSR count). The van der Waals surface area contributed by atoms with Gasteiger partial charge < -0.3 is 4.90 Å². The molecule has 5 nitrogen and oxygen atoms in total. The minimum absolute atomic E-state index is 0.0205. The molecule has 1 saturated carbocycles. The van der Waals surface area contributed by atoms with Gasteiger partial charge in [-0.15, -0.1) is 0 Å². The number of carbonyl (C=O) groups is 1. The van der Waals surface area contributed by atoms with E-state index in [-0.39, 0.29) is 5.91 Å². The Morgan fingerprint density at radius 2 is 2.04 bits per heavy atom. The lowest BCUT2D eigenvalue weighted by Crippen LogP contribution is -2.49. The number of carbonyl (C=O) groups excluding carboxylic acids is 1. The molecule has 132 valence electrons. The first-order chi connectivity index (χ1) is 11.7. The average molecular weight is 352 g/mol. The maximum Gasteiger partial charge on any atom is 0.255 e. The SMILES string of the molecule is CCCONc1ccc(C(=O)N2CCN(CC3CC3)CC2)c(Cl)c1. The zero-order chi connectivity index (χ0) is 16.9. The molecule has 0 unspecified atom stereocenters. The third-order valence-electron chi connectivity index (χ3n) is 4.57. The summed E-state index contributed by atoms with van der Waals surface area (Å²) in [5, 5.41) is 0.463. The minimum atomic E-state index is 0.0205. The molecule has 1 aromatic rings. The highest BCUT2D eigenvalue weighted by Gasteiger charge is 2.28. The number of hydrogen-bond acceptors (Lipinski definition) is 4. The second kappa shape index (κ2) is 8.19. The van der Waals surface area contributed by atoms with Gasteiger partial charge in [-0.05, 0) is 43.4 Å². The summed E-state index contributed by atoms with van der Waals surface area (Å²) in [5.41, 5.74) is 4.17. The Labute approximate surface area is 148 Å². The van der Waals surface area contributed by atoms with Crippen molar-refractivity contribution in [2.75, 3.05) is 44.8 Å². The molecule has 1 amide bonds. The van der Waals surface area contributed by atoms with E-state index < -0.39 is 0 Å². The van der Waals surface area contributed by atoms with Gasteiger partial charge in [-0.25, -0.2) is 0 Å². The van der Waals surface area contributed by atoms with Crippen molar-refractivity contribution >= 4 is 23.2 Å². The van der Waals surface area contributed by atoms with Gasteiger partial charge in [-0.2, -0.15) is 0 Å². The van der Waals surface area contributed by atoms with Crippen LogP contribution in [0.2, 0.25) is 5.02 Å². The van der Waals surface area contributed by atoms with E-state index in [0.717, 1.165) is 44.2 Å². The standard InChI is InChI=1S/C18H26ClN3O2/c1-2-11-24-20-15-5-6-16(17(19)12-15)18(23)22-9-7-21(8-10-22)13-14-3-4-14/h5-6,12,14,20H,2-4,7-11,13H2,1H3. The smallest absolute Gasteiger partial charge is 0.255 e. The topological polar surface area (TPSA) is 44.8 Å². The molecular weight excluding hydrogens is 326 g/mol. The summed E-state index contributed by atoms with van der Waals surface area (Å²) >= 11 is 6.31. The van der Waals surface area contributed by atoms with Crippen molar-refractivity contribution in [1.82, 2.24) is 9.80 Å². The van der Waals surface area contributed by atoms with Crippen LogP contribution in [0.25, 0.3) is 0 Å². The van der Waals surface area contributed by atoms with Gasteiger partial charge in [0.05, 0.1) is 22.9 Å². The number of rotatable bonds is 7. The van der Waals surface area contributed by atoms with Crippen molar-refractivity contribution in [3.63, 3.8) is 0 Å². The van der Waals surface area contributed by atoms with Crippen LogP contribution in [0, 0.1) is 5.92 Å². The lowest BCUT2D eigenvalue weighted by Gasteiger charge is -2.35. The van der Waals surface area contributed by atoms with Gasteiger partial charge in [0, 0.05) is 32.7 Å². The second-order valence-corrected chi connectivity index (χ2v) is 7.09. The summed E-state index contributed by atoms with van der Waals surface area (Å²) in [7, 11) is 0. The fourth-order valence-corrected chi connectivity index (χ4v) is 3.22. The van der Waals surface area contributed by atoms with Crippen molar-refractivity contribution < 1.29 is 9.63 Å². The number of piperazine rings is 1. The maximum absolute atomic E-state index is 12.7. The molecule has 0 radical (unpaired) electrons. The predicted molar refractivity (Wildman–Crippen MR) is 96.4 cm³/mol. The molecule has 2 fully saturated rings. The van der Waals surface area contributed by atoms with Gasteiger partial charge in [-0.1, -0.05) is 18.5 Å². The zero-order valence-electron chi connectivity index (χ0n) is 14.3. The highest BCUT2D eigenvalue weighted by molar-refractivity contribution is 6.34. The van der Waals surface area contributed by atoms with Crippen LogP contribution >= 0.6 is 11.6 Å². The lowest BCUT2D eigenvalue weighted by atomic mass is 10.1. The summed E-state index contributed by atoms with van der Waals surface area (Å²) in [6, 6.07) is 5.35. The van der Waals surface area contributed by atoms with Crippen LogP contribution in [-0.2, 0) is 4.84 Å². The van der Waals surface area contributed by atoms with E-state index in [9.17, 15) is 4.79 Å². The number of nitrogens with one attached hydrogen (secondary N) is 1. The van der Waals surface area contributed by atoms with E-state index in [2.05, 4.69) is 10.4 Å². The first kappa shape index (κ1) is 17.5. The summed E-state index contributed by atoms with van der Waals surface area (Å²) in [4.78, 5) is 22.4. The normalized spacial score (nSPS) is 18.7. The van der Waals surface area contributed by atoms with Crippen molar-refractivity contribution in [3.05, 3.63) is 28.8 Å². The van der Waals surface area contributed by atoms with Gasteiger partial charge in [0.1, 0.15) is 0 Å². The largest absolute Gasteiger partial charge is 0.336 e. The van der Waals surface area contributed by atoms with Crippen molar-refractivity contribution in [1.29, 1.82) is 0 Å². The van der Waals surface area contributed by atoms with E-state index >= 15 is 0 Å². The summed E-state index contributed by atoms with van der Waals surface area (Å²) in [6.07, 6.45) is 3.68. The van der Waals surface area contributed by atoms with Gasteiger partial charge in [0.2, 0.25) is 0 Å². The van der Waals surface area contributed by atoms with Gasteiger partial charge in [-0.3, -0.25) is 20.0 Å². The van der Waals surface area contributed by atoms with E-state index in [1.54, 1.807) is 12.1 Å². The molecule has 6 heteroatoms. The molecule has 0 spiro atoms. The first-order valence-corrected chi connectivity index (χ1v) is 9.24. The molecule has 0 atom stereocenters. The summed E-state index contributed by atoms with van der Waals surface area (Å²) < 4.78 is 0. The van der Waals surface area contributed by atoms with Crippen LogP contribution < -0.4 is 5.48 Å². The molecule has 2 aliphatic rings. The van der Waals surface area contributed by atoms with Crippen molar-refractivity contribution in [2.45, 2.75) is 26.2 Å². The molecule has 1 aliphatic heterocycles. The molecule has 1 aromatic carbocycles. The molecule has 1 saturated heterocycles. The van der Waals surface area contributed by atoms with E-state index in [0.29, 0.717) is 17.2 Å². The first-order valence-electron chi connectivity index (χ1n) is 8.86. The number of anilines is 1. The lowest BCUT2D eigenvalue weighted by molar-refractivity contribution is 0.0632. The van der Waals surface area contributed by atoms with Crippen LogP contribution in [0.3, 0.4) is 0 Å². The van der Waals surface area contributed by atoms with Gasteiger partial charge >= 0.3 is 0 Å². The molecule has 0 aromatic heterocycles. The average Bonchev–Trinajstić information content (AvgIpc) is 3.39. The fourth-order valence-electron chi connectivity index (χ4n) is 2.96. The molecule has 1 aliphatic carbocycles. The second-order valence-electron chi connectivity index (χ2n) is 6.68. The third kappa shape index (κ3) is 4.62. The van der Waals surface area contributed by atoms with Crippen LogP contribution in [-0.4, -0.2) is 55.0 Å². The Balaban J connectivity index is 1.54. The van der Waals surface area contributed by atoms with Gasteiger partial charge in [0.15, 0.2) is 0 Å². The fraction of sp³-hybridized carbons (Fsp3) is 0.611. The molecule has 1 heterocycles. The molecule has 24 heavy (non-hydrogen) atoms. The Morgan fingerprint density at radius 1 is 1.29 bits per heavy atom. The van der Waals surface area contributed by atoms with E-state index in [1.807, 2.05) is 17.9 Å². The Hall–Kier alpha value is -1.30. The number of amides is 1. The highest BCUT2D eigenvalue weighted by atomic mass is 35.5. The molecule has 1 N–H and O–H groups in total. The molecular formula is C18H26ClN3O2. The number of benzene rings is 1.